The summed E-state index contributed by atoms with van der Waals surface area (Å²) in [5.41, 5.74) is 4.69. The summed E-state index contributed by atoms with van der Waals surface area (Å²) in [6, 6.07) is 13.7. The van der Waals surface area contributed by atoms with Crippen molar-refractivity contribution in [3.8, 4) is 0 Å². The summed E-state index contributed by atoms with van der Waals surface area (Å²) in [6.45, 7) is 3.85. The summed E-state index contributed by atoms with van der Waals surface area (Å²) in [7, 11) is 3.96. The van der Waals surface area contributed by atoms with E-state index in [4.69, 9.17) is 12.2 Å². The van der Waals surface area contributed by atoms with Gasteiger partial charge in [0.1, 0.15) is 5.57 Å². The first-order valence-electron chi connectivity index (χ1n) is 9.20. The highest BCUT2D eigenvalue weighted by molar-refractivity contribution is 7.80. The van der Waals surface area contributed by atoms with Crippen molar-refractivity contribution in [2.24, 2.45) is 0 Å². The highest BCUT2D eigenvalue weighted by Crippen LogP contribution is 2.25. The van der Waals surface area contributed by atoms with E-state index >= 15 is 0 Å². The molecule has 0 atom stereocenters. The summed E-state index contributed by atoms with van der Waals surface area (Å²) in [5.74, 6) is -0.922. The molecule has 0 radical (unpaired) electrons. The van der Waals surface area contributed by atoms with Gasteiger partial charge in [-0.1, -0.05) is 36.4 Å². The molecule has 1 saturated heterocycles. The molecular weight excluding hydrogens is 382 g/mol. The van der Waals surface area contributed by atoms with Gasteiger partial charge in [-0.05, 0) is 67.0 Å². The van der Waals surface area contributed by atoms with Gasteiger partial charge in [0.05, 0.1) is 5.69 Å². The number of hydrogen-bond acceptors (Lipinski definition) is 4. The third-order valence-corrected chi connectivity index (χ3v) is 4.95. The molecule has 0 bridgehead atoms. The second-order valence-corrected chi connectivity index (χ2v) is 7.50. The topological polar surface area (TPSA) is 52.7 Å². The normalized spacial score (nSPS) is 15.9. The van der Waals surface area contributed by atoms with Gasteiger partial charge >= 0.3 is 0 Å². The van der Waals surface area contributed by atoms with Crippen molar-refractivity contribution >= 4 is 46.6 Å². The lowest BCUT2D eigenvalue weighted by Gasteiger charge is -2.30. The minimum atomic E-state index is -0.492. The zero-order valence-electron chi connectivity index (χ0n) is 16.9. The van der Waals surface area contributed by atoms with Gasteiger partial charge in [-0.15, -0.1) is 0 Å². The van der Waals surface area contributed by atoms with Gasteiger partial charge in [0.25, 0.3) is 11.8 Å². The predicted octanol–water partition coefficient (Wildman–Crippen LogP) is 3.76. The Morgan fingerprint density at radius 1 is 1.03 bits per heavy atom. The highest BCUT2D eigenvalue weighted by Gasteiger charge is 2.34. The third kappa shape index (κ3) is 4.43. The molecule has 1 N–H and O–H groups in total. The Balaban J connectivity index is 1.88. The SMILES string of the molecule is Cc1ccc(C)c(N2C(=O)/C(=C/C=C/c3ccc(N(C)C)cc3)C(=O)NC2=S)c1. The van der Waals surface area contributed by atoms with E-state index < -0.39 is 11.8 Å². The number of carbonyl (C=O) groups is 2. The lowest BCUT2D eigenvalue weighted by atomic mass is 10.1. The number of hydrogen-bond donors (Lipinski definition) is 1. The molecule has 0 aromatic heterocycles. The first kappa shape index (κ1) is 20.5. The van der Waals surface area contributed by atoms with Crippen molar-refractivity contribution in [3.05, 3.63) is 76.9 Å². The number of thiocarbonyl (C=S) groups is 1. The maximum atomic E-state index is 13.0. The fourth-order valence-electron chi connectivity index (χ4n) is 3.00. The largest absolute Gasteiger partial charge is 0.378 e. The molecule has 6 heteroatoms. The van der Waals surface area contributed by atoms with Gasteiger partial charge < -0.3 is 4.90 Å². The molecule has 148 valence electrons. The zero-order chi connectivity index (χ0) is 21.1. The number of amides is 2. The maximum absolute atomic E-state index is 13.0. The maximum Gasteiger partial charge on any atom is 0.270 e. The smallest absolute Gasteiger partial charge is 0.270 e. The van der Waals surface area contributed by atoms with Crippen molar-refractivity contribution in [1.29, 1.82) is 0 Å². The van der Waals surface area contributed by atoms with Crippen LogP contribution in [0.5, 0.6) is 0 Å². The van der Waals surface area contributed by atoms with Gasteiger partial charge in [-0.25, -0.2) is 0 Å². The second-order valence-electron chi connectivity index (χ2n) is 7.12. The molecule has 3 rings (SSSR count). The number of rotatable bonds is 4. The zero-order valence-corrected chi connectivity index (χ0v) is 17.7. The lowest BCUT2D eigenvalue weighted by molar-refractivity contribution is -0.122. The van der Waals surface area contributed by atoms with E-state index in [0.29, 0.717) is 5.69 Å². The van der Waals surface area contributed by atoms with Crippen LogP contribution < -0.4 is 15.1 Å². The summed E-state index contributed by atoms with van der Waals surface area (Å²) in [4.78, 5) is 28.8. The van der Waals surface area contributed by atoms with Crippen LogP contribution in [-0.2, 0) is 9.59 Å². The van der Waals surface area contributed by atoms with E-state index in [1.165, 1.54) is 11.0 Å². The van der Waals surface area contributed by atoms with Crippen LogP contribution in [0.4, 0.5) is 11.4 Å². The Bertz CT molecular complexity index is 1040. The Kier molecular flexibility index (Phi) is 5.94. The van der Waals surface area contributed by atoms with Crippen molar-refractivity contribution < 1.29 is 9.59 Å². The number of carbonyl (C=O) groups excluding carboxylic acids is 2. The molecule has 1 aliphatic rings. The van der Waals surface area contributed by atoms with E-state index in [1.807, 2.05) is 81.4 Å². The average Bonchev–Trinajstić information content (AvgIpc) is 2.67. The van der Waals surface area contributed by atoms with E-state index in [-0.39, 0.29) is 10.7 Å². The number of nitrogens with zero attached hydrogens (tertiary/aromatic N) is 2. The molecule has 0 aliphatic carbocycles. The van der Waals surface area contributed by atoms with Gasteiger partial charge in [0.2, 0.25) is 0 Å². The number of nitrogens with one attached hydrogen (secondary N) is 1. The summed E-state index contributed by atoms with van der Waals surface area (Å²) < 4.78 is 0. The van der Waals surface area contributed by atoms with Crippen LogP contribution in [0.25, 0.3) is 6.08 Å². The van der Waals surface area contributed by atoms with Crippen LogP contribution in [0.15, 0.2) is 60.2 Å². The van der Waals surface area contributed by atoms with Gasteiger partial charge in [0, 0.05) is 19.8 Å². The molecule has 2 amide bonds. The molecule has 0 spiro atoms. The summed E-state index contributed by atoms with van der Waals surface area (Å²) >= 11 is 5.27. The van der Waals surface area contributed by atoms with E-state index in [1.54, 1.807) is 6.08 Å². The highest BCUT2D eigenvalue weighted by atomic mass is 32.1. The van der Waals surface area contributed by atoms with Gasteiger partial charge in [0.15, 0.2) is 5.11 Å². The molecule has 2 aromatic carbocycles. The predicted molar refractivity (Wildman–Crippen MR) is 122 cm³/mol. The Morgan fingerprint density at radius 3 is 2.38 bits per heavy atom. The molecule has 0 unspecified atom stereocenters. The number of benzene rings is 2. The number of allylic oxidation sites excluding steroid dienone is 2. The first-order chi connectivity index (χ1) is 13.8. The van der Waals surface area contributed by atoms with Crippen LogP contribution >= 0.6 is 12.2 Å². The van der Waals surface area contributed by atoms with E-state index in [2.05, 4.69) is 5.32 Å². The monoisotopic (exact) mass is 405 g/mol. The van der Waals surface area contributed by atoms with E-state index in [0.717, 1.165) is 22.4 Å². The Labute approximate surface area is 176 Å². The molecule has 5 nitrogen and oxygen atoms in total. The molecule has 1 fully saturated rings. The van der Waals surface area contributed by atoms with Crippen molar-refractivity contribution in [3.63, 3.8) is 0 Å². The van der Waals surface area contributed by atoms with Crippen molar-refractivity contribution in [2.45, 2.75) is 13.8 Å². The van der Waals surface area contributed by atoms with Gasteiger partial charge in [-0.2, -0.15) is 0 Å². The fourth-order valence-corrected chi connectivity index (χ4v) is 3.27. The number of anilines is 2. The summed E-state index contributed by atoms with van der Waals surface area (Å²) in [6.07, 6.45) is 5.08. The van der Waals surface area contributed by atoms with Crippen molar-refractivity contribution in [1.82, 2.24) is 5.32 Å². The van der Waals surface area contributed by atoms with Gasteiger partial charge in [-0.3, -0.25) is 19.8 Å². The second kappa shape index (κ2) is 8.41. The van der Waals surface area contributed by atoms with Crippen LogP contribution in [0.3, 0.4) is 0 Å². The molecule has 1 aliphatic heterocycles. The minimum absolute atomic E-state index is 0.0423. The summed E-state index contributed by atoms with van der Waals surface area (Å²) in [5, 5.41) is 2.71. The van der Waals surface area contributed by atoms with Crippen LogP contribution in [-0.4, -0.2) is 31.0 Å². The standard InChI is InChI=1S/C23H23N3O2S/c1-15-8-9-16(2)20(14-15)26-22(28)19(21(27)24-23(26)29)7-5-6-17-10-12-18(13-11-17)25(3)4/h5-14H,1-4H3,(H,24,27,29)/b6-5+,19-7+. The lowest BCUT2D eigenvalue weighted by Crippen LogP contribution is -2.54. The molecular formula is C23H23N3O2S. The number of aryl methyl sites for hydroxylation is 2. The van der Waals surface area contributed by atoms with Crippen molar-refractivity contribution in [2.75, 3.05) is 23.9 Å². The first-order valence-corrected chi connectivity index (χ1v) is 9.61. The Hall–Kier alpha value is -3.25. The van der Waals surface area contributed by atoms with E-state index in [9.17, 15) is 9.59 Å². The van der Waals surface area contributed by atoms with Crippen LogP contribution in [0.1, 0.15) is 16.7 Å². The van der Waals surface area contributed by atoms with Crippen LogP contribution in [0.2, 0.25) is 0 Å². The molecule has 2 aromatic rings. The molecule has 29 heavy (non-hydrogen) atoms. The average molecular weight is 406 g/mol. The minimum Gasteiger partial charge on any atom is -0.378 e. The molecule has 0 saturated carbocycles. The van der Waals surface area contributed by atoms with Crippen LogP contribution in [0, 0.1) is 13.8 Å². The fraction of sp³-hybridized carbons (Fsp3) is 0.174. The molecule has 1 heterocycles. The third-order valence-electron chi connectivity index (χ3n) is 4.67. The quantitative estimate of drug-likeness (QED) is 0.478. The Morgan fingerprint density at radius 2 is 1.72 bits per heavy atom.